The summed E-state index contributed by atoms with van der Waals surface area (Å²) in [5, 5.41) is 8.37. The van der Waals surface area contributed by atoms with Gasteiger partial charge in [0.2, 0.25) is 11.8 Å². The van der Waals surface area contributed by atoms with Gasteiger partial charge in [-0.3, -0.25) is 9.59 Å². The van der Waals surface area contributed by atoms with Gasteiger partial charge < -0.3 is 25.4 Å². The van der Waals surface area contributed by atoms with Crippen LogP contribution in [0.5, 0.6) is 5.75 Å². The van der Waals surface area contributed by atoms with E-state index in [0.29, 0.717) is 38.3 Å². The molecule has 3 amide bonds. The molecule has 3 N–H and O–H groups in total. The van der Waals surface area contributed by atoms with Crippen molar-refractivity contribution < 1.29 is 23.9 Å². The standard InChI is InChI=1S/C22H35N3O5/c1-6-29-19-12-8-7-11-17(19)18(25-16(2)26)15-20(27)23-13-9-10-14-24-21(28)30-22(3,4)5/h7-8,11-12,18H,6,9-10,13-15H2,1-5H3,(H,23,27)(H,24,28)(H,25,26). The second kappa shape index (κ2) is 12.7. The molecule has 8 nitrogen and oxygen atoms in total. The van der Waals surface area contributed by atoms with Gasteiger partial charge in [-0.25, -0.2) is 4.79 Å². The van der Waals surface area contributed by atoms with E-state index in [-0.39, 0.29) is 18.2 Å². The van der Waals surface area contributed by atoms with Crippen molar-refractivity contribution in [3.63, 3.8) is 0 Å². The third-order valence-electron chi connectivity index (χ3n) is 3.96. The van der Waals surface area contributed by atoms with Gasteiger partial charge in [0.15, 0.2) is 0 Å². The average Bonchev–Trinajstić information content (AvgIpc) is 2.63. The number of alkyl carbamates (subject to hydrolysis) is 1. The molecule has 0 spiro atoms. The summed E-state index contributed by atoms with van der Waals surface area (Å²) in [6, 6.07) is 6.90. The third-order valence-corrected chi connectivity index (χ3v) is 3.96. The Morgan fingerprint density at radius 1 is 1.03 bits per heavy atom. The van der Waals surface area contributed by atoms with Gasteiger partial charge in [-0.1, -0.05) is 18.2 Å². The summed E-state index contributed by atoms with van der Waals surface area (Å²) in [5.41, 5.74) is 0.245. The second-order valence-electron chi connectivity index (χ2n) is 7.91. The van der Waals surface area contributed by atoms with Gasteiger partial charge in [-0.15, -0.1) is 0 Å². The lowest BCUT2D eigenvalue weighted by Gasteiger charge is -2.21. The number of ether oxygens (including phenoxy) is 2. The molecule has 0 saturated heterocycles. The fraction of sp³-hybridized carbons (Fsp3) is 0.591. The topological polar surface area (TPSA) is 106 Å². The van der Waals surface area contributed by atoms with Gasteiger partial charge in [0.1, 0.15) is 11.4 Å². The van der Waals surface area contributed by atoms with Crippen LogP contribution in [0.4, 0.5) is 4.79 Å². The summed E-state index contributed by atoms with van der Waals surface area (Å²) >= 11 is 0. The van der Waals surface area contributed by atoms with Gasteiger partial charge in [0.25, 0.3) is 0 Å². The van der Waals surface area contributed by atoms with Gasteiger partial charge >= 0.3 is 6.09 Å². The zero-order valence-corrected chi connectivity index (χ0v) is 18.7. The van der Waals surface area contributed by atoms with Crippen molar-refractivity contribution >= 4 is 17.9 Å². The molecule has 1 aromatic carbocycles. The highest BCUT2D eigenvalue weighted by Gasteiger charge is 2.20. The molecule has 0 radical (unpaired) electrons. The zero-order chi connectivity index (χ0) is 22.6. The zero-order valence-electron chi connectivity index (χ0n) is 18.7. The molecule has 1 rings (SSSR count). The minimum Gasteiger partial charge on any atom is -0.494 e. The van der Waals surface area contributed by atoms with E-state index in [1.807, 2.05) is 52.0 Å². The van der Waals surface area contributed by atoms with Crippen LogP contribution in [-0.2, 0) is 14.3 Å². The summed E-state index contributed by atoms with van der Waals surface area (Å²) < 4.78 is 10.8. The van der Waals surface area contributed by atoms with E-state index < -0.39 is 17.7 Å². The van der Waals surface area contributed by atoms with E-state index in [0.717, 1.165) is 5.56 Å². The second-order valence-corrected chi connectivity index (χ2v) is 7.91. The lowest BCUT2D eigenvalue weighted by atomic mass is 10.0. The lowest BCUT2D eigenvalue weighted by Crippen LogP contribution is -2.34. The molecule has 1 unspecified atom stereocenters. The van der Waals surface area contributed by atoms with Crippen LogP contribution >= 0.6 is 0 Å². The summed E-state index contributed by atoms with van der Waals surface area (Å²) in [6.45, 7) is 10.2. The van der Waals surface area contributed by atoms with Crippen LogP contribution in [0.25, 0.3) is 0 Å². The predicted octanol–water partition coefficient (Wildman–Crippen LogP) is 3.07. The monoisotopic (exact) mass is 421 g/mol. The SMILES string of the molecule is CCOc1ccccc1C(CC(=O)NCCCCNC(=O)OC(C)(C)C)NC(C)=O. The minimum absolute atomic E-state index is 0.111. The van der Waals surface area contributed by atoms with Crippen molar-refractivity contribution in [3.8, 4) is 5.75 Å². The molecule has 0 aliphatic carbocycles. The van der Waals surface area contributed by atoms with Crippen molar-refractivity contribution in [3.05, 3.63) is 29.8 Å². The smallest absolute Gasteiger partial charge is 0.407 e. The fourth-order valence-electron chi connectivity index (χ4n) is 2.78. The first-order valence-corrected chi connectivity index (χ1v) is 10.3. The van der Waals surface area contributed by atoms with Crippen LogP contribution < -0.4 is 20.7 Å². The van der Waals surface area contributed by atoms with Crippen LogP contribution in [0.2, 0.25) is 0 Å². The van der Waals surface area contributed by atoms with Gasteiger partial charge in [0.05, 0.1) is 19.1 Å². The van der Waals surface area contributed by atoms with E-state index in [1.54, 1.807) is 0 Å². The first kappa shape index (κ1) is 25.3. The molecule has 0 heterocycles. The molecule has 0 aliphatic heterocycles. The molecular formula is C22H35N3O5. The van der Waals surface area contributed by atoms with Crippen molar-refractivity contribution in [1.82, 2.24) is 16.0 Å². The van der Waals surface area contributed by atoms with Crippen LogP contribution in [-0.4, -0.2) is 43.2 Å². The molecule has 1 atom stereocenters. The van der Waals surface area contributed by atoms with Crippen LogP contribution in [0.3, 0.4) is 0 Å². The van der Waals surface area contributed by atoms with Crippen molar-refractivity contribution in [2.75, 3.05) is 19.7 Å². The molecule has 0 aromatic heterocycles. The van der Waals surface area contributed by atoms with Gasteiger partial charge in [-0.2, -0.15) is 0 Å². The minimum atomic E-state index is -0.525. The Kier molecular flexibility index (Phi) is 10.7. The lowest BCUT2D eigenvalue weighted by molar-refractivity contribution is -0.122. The molecular weight excluding hydrogens is 386 g/mol. The van der Waals surface area contributed by atoms with Crippen LogP contribution in [0.1, 0.15) is 65.5 Å². The maximum Gasteiger partial charge on any atom is 0.407 e. The number of amides is 3. The summed E-state index contributed by atoms with van der Waals surface area (Å²) in [4.78, 5) is 35.6. The number of rotatable bonds is 11. The van der Waals surface area contributed by atoms with Crippen LogP contribution in [0, 0.1) is 0 Å². The molecule has 168 valence electrons. The normalized spacial score (nSPS) is 11.9. The first-order valence-electron chi connectivity index (χ1n) is 10.3. The molecule has 30 heavy (non-hydrogen) atoms. The summed E-state index contributed by atoms with van der Waals surface area (Å²) in [6.07, 6.45) is 1.08. The maximum absolute atomic E-state index is 12.4. The quantitative estimate of drug-likeness (QED) is 0.476. The number of benzene rings is 1. The molecule has 0 bridgehead atoms. The van der Waals surface area contributed by atoms with Crippen molar-refractivity contribution in [2.24, 2.45) is 0 Å². The Morgan fingerprint density at radius 2 is 1.67 bits per heavy atom. The van der Waals surface area contributed by atoms with Crippen molar-refractivity contribution in [2.45, 2.75) is 65.5 Å². The average molecular weight is 422 g/mol. The summed E-state index contributed by atoms with van der Waals surface area (Å²) in [7, 11) is 0. The Morgan fingerprint density at radius 3 is 2.27 bits per heavy atom. The highest BCUT2D eigenvalue weighted by atomic mass is 16.6. The molecule has 0 fully saturated rings. The molecule has 0 saturated carbocycles. The third kappa shape index (κ3) is 10.7. The van der Waals surface area contributed by atoms with E-state index in [4.69, 9.17) is 9.47 Å². The number of hydrogen-bond acceptors (Lipinski definition) is 5. The Hall–Kier alpha value is -2.77. The van der Waals surface area contributed by atoms with Gasteiger partial charge in [-0.05, 0) is 46.6 Å². The number of unbranched alkanes of at least 4 members (excludes halogenated alkanes) is 1. The van der Waals surface area contributed by atoms with E-state index >= 15 is 0 Å². The summed E-state index contributed by atoms with van der Waals surface area (Å²) in [5.74, 6) is 0.271. The highest BCUT2D eigenvalue weighted by Crippen LogP contribution is 2.27. The van der Waals surface area contributed by atoms with Gasteiger partial charge in [0, 0.05) is 25.6 Å². The van der Waals surface area contributed by atoms with Crippen molar-refractivity contribution in [1.29, 1.82) is 0 Å². The predicted molar refractivity (Wildman–Crippen MR) is 115 cm³/mol. The Bertz CT molecular complexity index is 700. The first-order chi connectivity index (χ1) is 14.1. The highest BCUT2D eigenvalue weighted by molar-refractivity contribution is 5.79. The maximum atomic E-state index is 12.4. The number of nitrogens with one attached hydrogen (secondary N) is 3. The van der Waals surface area contributed by atoms with E-state index in [1.165, 1.54) is 6.92 Å². The molecule has 8 heteroatoms. The fourth-order valence-corrected chi connectivity index (χ4v) is 2.78. The molecule has 0 aliphatic rings. The largest absolute Gasteiger partial charge is 0.494 e. The molecule has 1 aromatic rings. The number of carbonyl (C=O) groups excluding carboxylic acids is 3. The van der Waals surface area contributed by atoms with E-state index in [9.17, 15) is 14.4 Å². The number of hydrogen-bond donors (Lipinski definition) is 3. The number of carbonyl (C=O) groups is 3. The van der Waals surface area contributed by atoms with E-state index in [2.05, 4.69) is 16.0 Å². The Balaban J connectivity index is 2.45. The Labute approximate surface area is 179 Å². The number of para-hydroxylation sites is 1. The van der Waals surface area contributed by atoms with Crippen LogP contribution in [0.15, 0.2) is 24.3 Å².